The first-order chi connectivity index (χ1) is 10.2. The minimum atomic E-state index is -4.14. The molecule has 1 aromatic carbocycles. The van der Waals surface area contributed by atoms with Gasteiger partial charge >= 0.3 is 5.97 Å². The first-order valence-electron chi connectivity index (χ1n) is 6.87. The average molecular weight is 333 g/mol. The van der Waals surface area contributed by atoms with E-state index in [1.165, 1.54) is 12.1 Å². The highest BCUT2D eigenvalue weighted by Crippen LogP contribution is 2.40. The Morgan fingerprint density at radius 2 is 2.00 bits per heavy atom. The van der Waals surface area contributed by atoms with Gasteiger partial charge in [-0.2, -0.15) is 4.72 Å². The molecule has 0 spiro atoms. The molecule has 8 heteroatoms. The number of rotatable bonds is 6. The summed E-state index contributed by atoms with van der Waals surface area (Å²) in [5, 5.41) is 9.18. The summed E-state index contributed by atoms with van der Waals surface area (Å²) in [6.45, 7) is 0. The summed E-state index contributed by atoms with van der Waals surface area (Å²) in [6, 6.07) is 6.25. The lowest BCUT2D eigenvalue weighted by Gasteiger charge is -2.21. The number of nitrogens with one attached hydrogen (secondary N) is 1. The predicted molar refractivity (Wildman–Crippen MR) is 76.0 cm³/mol. The third kappa shape index (κ3) is 4.01. The van der Waals surface area contributed by atoms with Gasteiger partial charge < -0.3 is 5.11 Å². The van der Waals surface area contributed by atoms with Crippen LogP contribution in [0, 0.1) is 5.92 Å². The number of carboxylic acids is 1. The van der Waals surface area contributed by atoms with Crippen LogP contribution in [0.3, 0.4) is 0 Å². The molecular weight excluding hydrogens is 316 g/mol. The molecule has 5 nitrogen and oxygen atoms in total. The Kier molecular flexibility index (Phi) is 4.81. The molecule has 2 atom stereocenters. The van der Waals surface area contributed by atoms with Gasteiger partial charge in [0, 0.05) is 12.3 Å². The third-order valence-electron chi connectivity index (χ3n) is 3.76. The van der Waals surface area contributed by atoms with Crippen molar-refractivity contribution >= 4 is 16.0 Å². The normalized spacial score (nSPS) is 22.4. The molecule has 22 heavy (non-hydrogen) atoms. The van der Waals surface area contributed by atoms with Crippen LogP contribution in [-0.2, 0) is 14.8 Å². The molecule has 1 fully saturated rings. The van der Waals surface area contributed by atoms with Gasteiger partial charge in [0.05, 0.1) is 5.75 Å². The number of carbonyl (C=O) groups is 1. The van der Waals surface area contributed by atoms with E-state index < -0.39 is 39.6 Å². The second kappa shape index (κ2) is 6.29. The molecule has 0 bridgehead atoms. The zero-order valence-corrected chi connectivity index (χ0v) is 12.5. The number of aliphatic carboxylic acids is 1. The second-order valence-corrected chi connectivity index (χ2v) is 7.23. The van der Waals surface area contributed by atoms with Gasteiger partial charge in [0.25, 0.3) is 5.92 Å². The molecule has 1 aliphatic rings. The highest BCUT2D eigenvalue weighted by atomic mass is 32.2. The smallest absolute Gasteiger partial charge is 0.326 e. The molecule has 2 N–H and O–H groups in total. The summed E-state index contributed by atoms with van der Waals surface area (Å²) in [7, 11) is -4.14. The molecule has 0 aromatic heterocycles. The number of alkyl halides is 2. The van der Waals surface area contributed by atoms with Crippen molar-refractivity contribution in [3.05, 3.63) is 35.9 Å². The van der Waals surface area contributed by atoms with E-state index in [2.05, 4.69) is 0 Å². The molecule has 0 heterocycles. The van der Waals surface area contributed by atoms with E-state index in [0.29, 0.717) is 0 Å². The van der Waals surface area contributed by atoms with Crippen molar-refractivity contribution in [1.29, 1.82) is 0 Å². The molecule has 0 aliphatic heterocycles. The number of hydrogen-bond donors (Lipinski definition) is 2. The topological polar surface area (TPSA) is 83.5 Å². The summed E-state index contributed by atoms with van der Waals surface area (Å²) >= 11 is 0. The Morgan fingerprint density at radius 3 is 2.50 bits per heavy atom. The largest absolute Gasteiger partial charge is 0.480 e. The van der Waals surface area contributed by atoms with Gasteiger partial charge in [0.1, 0.15) is 6.04 Å². The summed E-state index contributed by atoms with van der Waals surface area (Å²) in [4.78, 5) is 11.3. The van der Waals surface area contributed by atoms with E-state index in [-0.39, 0.29) is 24.8 Å². The van der Waals surface area contributed by atoms with Gasteiger partial charge in [0.15, 0.2) is 0 Å². The lowest BCUT2D eigenvalue weighted by molar-refractivity contribution is -0.139. The van der Waals surface area contributed by atoms with Crippen molar-refractivity contribution in [2.45, 2.75) is 31.2 Å². The zero-order chi connectivity index (χ0) is 16.4. The van der Waals surface area contributed by atoms with E-state index in [4.69, 9.17) is 0 Å². The number of halogens is 2. The number of hydrogen-bond acceptors (Lipinski definition) is 3. The number of benzene rings is 1. The van der Waals surface area contributed by atoms with Crippen LogP contribution in [0.2, 0.25) is 0 Å². The standard InChI is InChI=1S/C14H17F2NO4S/c15-14(16)8-4-7-11(14)9-22(20,21)17-12(13(18)19)10-5-2-1-3-6-10/h1-3,5-6,11-12,17H,4,7-9H2,(H,18,19)/t11?,12-/m1/s1. The zero-order valence-electron chi connectivity index (χ0n) is 11.7. The van der Waals surface area contributed by atoms with Crippen molar-refractivity contribution in [1.82, 2.24) is 4.72 Å². The maximum absolute atomic E-state index is 13.5. The van der Waals surface area contributed by atoms with Crippen molar-refractivity contribution in [3.63, 3.8) is 0 Å². The van der Waals surface area contributed by atoms with E-state index in [9.17, 15) is 27.1 Å². The summed E-state index contributed by atoms with van der Waals surface area (Å²) < 4.78 is 53.2. The molecule has 2 rings (SSSR count). The van der Waals surface area contributed by atoms with Gasteiger partial charge in [-0.15, -0.1) is 0 Å². The fourth-order valence-electron chi connectivity index (χ4n) is 2.60. The Morgan fingerprint density at radius 1 is 1.36 bits per heavy atom. The first kappa shape index (κ1) is 16.8. The summed E-state index contributed by atoms with van der Waals surface area (Å²) in [6.07, 6.45) is 0.0689. The van der Waals surface area contributed by atoms with Crippen LogP contribution in [0.1, 0.15) is 30.9 Å². The SMILES string of the molecule is O=C(O)[C@H](NS(=O)(=O)CC1CCCC1(F)F)c1ccccc1. The Labute approximate surface area is 127 Å². The molecule has 1 aliphatic carbocycles. The molecule has 1 saturated carbocycles. The van der Waals surface area contributed by atoms with Crippen molar-refractivity contribution < 1.29 is 27.1 Å². The van der Waals surface area contributed by atoms with Gasteiger partial charge in [-0.25, -0.2) is 17.2 Å². The lowest BCUT2D eigenvalue weighted by Crippen LogP contribution is -2.39. The van der Waals surface area contributed by atoms with Crippen molar-refractivity contribution in [2.75, 3.05) is 5.75 Å². The fraction of sp³-hybridized carbons (Fsp3) is 0.500. The van der Waals surface area contributed by atoms with Crippen LogP contribution in [0.5, 0.6) is 0 Å². The summed E-state index contributed by atoms with van der Waals surface area (Å²) in [5.74, 6) is -6.43. The Balaban J connectivity index is 2.14. The Hall–Kier alpha value is -1.54. The fourth-order valence-corrected chi connectivity index (χ4v) is 4.24. The van der Waals surface area contributed by atoms with Gasteiger partial charge in [0.2, 0.25) is 10.0 Å². The number of carboxylic acid groups (broad SMARTS) is 1. The van der Waals surface area contributed by atoms with E-state index in [1.54, 1.807) is 18.2 Å². The third-order valence-corrected chi connectivity index (χ3v) is 5.19. The monoisotopic (exact) mass is 333 g/mol. The molecule has 0 saturated heterocycles. The molecule has 0 radical (unpaired) electrons. The molecule has 122 valence electrons. The van der Waals surface area contributed by atoms with E-state index >= 15 is 0 Å². The van der Waals surface area contributed by atoms with E-state index in [1.807, 2.05) is 4.72 Å². The van der Waals surface area contributed by atoms with Gasteiger partial charge in [-0.3, -0.25) is 4.79 Å². The molecule has 0 amide bonds. The van der Waals surface area contributed by atoms with Crippen LogP contribution < -0.4 is 4.72 Å². The van der Waals surface area contributed by atoms with Gasteiger partial charge in [-0.05, 0) is 18.4 Å². The van der Waals surface area contributed by atoms with E-state index in [0.717, 1.165) is 0 Å². The first-order valence-corrected chi connectivity index (χ1v) is 8.52. The second-order valence-electron chi connectivity index (χ2n) is 5.43. The summed E-state index contributed by atoms with van der Waals surface area (Å²) in [5.41, 5.74) is 0.247. The molecule has 1 unspecified atom stereocenters. The number of sulfonamides is 1. The van der Waals surface area contributed by atoms with Crippen LogP contribution in [-0.4, -0.2) is 31.2 Å². The highest BCUT2D eigenvalue weighted by molar-refractivity contribution is 7.89. The predicted octanol–water partition coefficient (Wildman–Crippen LogP) is 2.17. The quantitative estimate of drug-likeness (QED) is 0.836. The molecular formula is C14H17F2NO4S. The van der Waals surface area contributed by atoms with Crippen LogP contribution in [0.4, 0.5) is 8.78 Å². The van der Waals surface area contributed by atoms with Crippen LogP contribution >= 0.6 is 0 Å². The maximum atomic E-state index is 13.5. The highest BCUT2D eigenvalue weighted by Gasteiger charge is 2.46. The lowest BCUT2D eigenvalue weighted by atomic mass is 10.1. The maximum Gasteiger partial charge on any atom is 0.326 e. The molecule has 1 aromatic rings. The minimum absolute atomic E-state index is 0.122. The minimum Gasteiger partial charge on any atom is -0.480 e. The van der Waals surface area contributed by atoms with Crippen LogP contribution in [0.15, 0.2) is 30.3 Å². The average Bonchev–Trinajstić information content (AvgIpc) is 2.75. The van der Waals surface area contributed by atoms with Crippen LogP contribution in [0.25, 0.3) is 0 Å². The Bertz CT molecular complexity index is 634. The van der Waals surface area contributed by atoms with Gasteiger partial charge in [-0.1, -0.05) is 30.3 Å². The van der Waals surface area contributed by atoms with Crippen molar-refractivity contribution in [3.8, 4) is 0 Å². The van der Waals surface area contributed by atoms with Crippen molar-refractivity contribution in [2.24, 2.45) is 5.92 Å².